The molecule has 3 unspecified atom stereocenters. The fourth-order valence-corrected chi connectivity index (χ4v) is 8.44. The molecular weight excluding hydrogens is 500 g/mol. The minimum atomic E-state index is -1.23. The van der Waals surface area contributed by atoms with Gasteiger partial charge in [0.2, 0.25) is 0 Å². The highest BCUT2D eigenvalue weighted by molar-refractivity contribution is 5.82. The molecule has 0 aromatic heterocycles. The number of carbonyl (C=O) groups is 2. The molecule has 0 radical (unpaired) electrons. The van der Waals surface area contributed by atoms with E-state index < -0.39 is 22.9 Å². The maximum atomic E-state index is 13.1. The summed E-state index contributed by atoms with van der Waals surface area (Å²) in [5.41, 5.74) is 0.554. The zero-order chi connectivity index (χ0) is 28.2. The summed E-state index contributed by atoms with van der Waals surface area (Å²) < 4.78 is 24.9. The Labute approximate surface area is 231 Å². The summed E-state index contributed by atoms with van der Waals surface area (Å²) >= 11 is 0. The molecule has 5 fully saturated rings. The summed E-state index contributed by atoms with van der Waals surface area (Å²) in [6.07, 6.45) is 12.2. The van der Waals surface area contributed by atoms with Gasteiger partial charge < -0.3 is 29.2 Å². The number of esters is 2. The monoisotopic (exact) mass is 544 g/mol. The Hall–Kier alpha value is -2.00. The van der Waals surface area contributed by atoms with Gasteiger partial charge in [-0.15, -0.1) is 0 Å². The SMILES string of the molecule is CC1=CC2O[C@@H]3C[C@H]4OC(=O)/C=C\C=C\C(C)OCCC(C)[C@@H](O)C(=O)OC[C@@]2(CC1)[C@]4(C)C12CC31C2.CO. The van der Waals surface area contributed by atoms with Gasteiger partial charge in [0.1, 0.15) is 12.7 Å². The Morgan fingerprint density at radius 3 is 2.54 bits per heavy atom. The molecule has 3 aliphatic heterocycles. The predicted molar refractivity (Wildman–Crippen MR) is 143 cm³/mol. The Balaban J connectivity index is 0.00000151. The lowest BCUT2D eigenvalue weighted by atomic mass is 9.50. The molecule has 0 amide bonds. The van der Waals surface area contributed by atoms with Gasteiger partial charge in [-0.05, 0) is 57.3 Å². The summed E-state index contributed by atoms with van der Waals surface area (Å²) in [6, 6.07) is 0. The lowest BCUT2D eigenvalue weighted by molar-refractivity contribution is -0.193. The molecule has 8 atom stereocenters. The first-order chi connectivity index (χ1) is 18.6. The lowest BCUT2D eigenvalue weighted by Crippen LogP contribution is -2.60. The number of rotatable bonds is 0. The van der Waals surface area contributed by atoms with Crippen LogP contribution in [0.4, 0.5) is 0 Å². The maximum Gasteiger partial charge on any atom is 0.335 e. The molecule has 1 spiro atoms. The minimum Gasteiger partial charge on any atom is -0.463 e. The van der Waals surface area contributed by atoms with E-state index in [0.29, 0.717) is 19.4 Å². The van der Waals surface area contributed by atoms with Crippen LogP contribution in [0.25, 0.3) is 0 Å². The second-order valence-electron chi connectivity index (χ2n) is 12.8. The third-order valence-corrected chi connectivity index (χ3v) is 11.1. The van der Waals surface area contributed by atoms with Gasteiger partial charge in [0, 0.05) is 42.5 Å². The molecule has 8 nitrogen and oxygen atoms in total. The Bertz CT molecular complexity index is 1070. The van der Waals surface area contributed by atoms with Crippen LogP contribution in [0.3, 0.4) is 0 Å². The topological polar surface area (TPSA) is 112 Å². The highest BCUT2D eigenvalue weighted by Crippen LogP contribution is 2.99. The van der Waals surface area contributed by atoms with Crippen LogP contribution in [0, 0.1) is 27.6 Å². The van der Waals surface area contributed by atoms with Gasteiger partial charge in [0.05, 0.1) is 18.3 Å². The Kier molecular flexibility index (Phi) is 7.41. The Morgan fingerprint density at radius 1 is 1.05 bits per heavy atom. The molecule has 0 aromatic carbocycles. The molecule has 2 N–H and O–H groups in total. The van der Waals surface area contributed by atoms with Crippen LogP contribution in [0.15, 0.2) is 36.0 Å². The van der Waals surface area contributed by atoms with Crippen molar-refractivity contribution in [2.24, 2.45) is 27.6 Å². The fraction of sp³-hybridized carbons (Fsp3) is 0.742. The molecule has 8 heteroatoms. The van der Waals surface area contributed by atoms with Crippen molar-refractivity contribution in [1.82, 2.24) is 0 Å². The maximum absolute atomic E-state index is 13.1. The minimum absolute atomic E-state index is 0.0321. The van der Waals surface area contributed by atoms with Crippen LogP contribution in [0.2, 0.25) is 0 Å². The normalized spacial score (nSPS) is 50.4. The van der Waals surface area contributed by atoms with Crippen molar-refractivity contribution in [2.45, 2.75) is 96.7 Å². The molecule has 7 aliphatic rings. The number of hydrogen-bond donors (Lipinski definition) is 2. The number of cyclic esters (lactones) is 1. The number of aliphatic hydroxyl groups is 2. The predicted octanol–water partition coefficient (Wildman–Crippen LogP) is 3.65. The first-order valence-corrected chi connectivity index (χ1v) is 14.4. The molecule has 2 saturated heterocycles. The average molecular weight is 545 g/mol. The summed E-state index contributed by atoms with van der Waals surface area (Å²) in [5, 5.41) is 17.8. The van der Waals surface area contributed by atoms with Crippen molar-refractivity contribution in [1.29, 1.82) is 0 Å². The standard InChI is InChI=1S/C30H40O7.CH4O/c1-18-9-11-28-17-35-26(33)25(32)19(2)10-12-34-20(3)7-5-6-8-24(31)37-21-14-23(36-22(28)13-18)29-15-30(29,16-29)27(21,28)4;1-2/h5-8,13,19-23,25,32H,9-12,14-17H2,1-4H3;2H,1H3/b7-5+,8-6-;/t19?,20?,21-,22?,23-,25-,27-,28-,29?,30?;/m1./s1. The van der Waals surface area contributed by atoms with Crippen molar-refractivity contribution in [2.75, 3.05) is 20.3 Å². The van der Waals surface area contributed by atoms with Gasteiger partial charge in [-0.3, -0.25) is 0 Å². The van der Waals surface area contributed by atoms with E-state index in [1.54, 1.807) is 12.2 Å². The van der Waals surface area contributed by atoms with Gasteiger partial charge >= 0.3 is 11.9 Å². The van der Waals surface area contributed by atoms with Crippen molar-refractivity contribution >= 4 is 11.9 Å². The van der Waals surface area contributed by atoms with Crippen LogP contribution in [-0.2, 0) is 28.5 Å². The van der Waals surface area contributed by atoms with E-state index in [1.165, 1.54) is 11.6 Å². The van der Waals surface area contributed by atoms with Gasteiger partial charge in [-0.25, -0.2) is 9.59 Å². The van der Waals surface area contributed by atoms with Crippen LogP contribution < -0.4 is 0 Å². The van der Waals surface area contributed by atoms with E-state index in [2.05, 4.69) is 19.9 Å². The summed E-state index contributed by atoms with van der Waals surface area (Å²) in [5.74, 6) is -1.26. The molecule has 4 aliphatic carbocycles. The zero-order valence-corrected chi connectivity index (χ0v) is 23.9. The largest absolute Gasteiger partial charge is 0.463 e. The van der Waals surface area contributed by atoms with Gasteiger partial charge in [-0.1, -0.05) is 43.7 Å². The third-order valence-electron chi connectivity index (χ3n) is 11.1. The first-order valence-electron chi connectivity index (χ1n) is 14.4. The van der Waals surface area contributed by atoms with Crippen LogP contribution in [0.5, 0.6) is 0 Å². The first kappa shape index (κ1) is 28.5. The van der Waals surface area contributed by atoms with Crippen molar-refractivity contribution in [3.63, 3.8) is 0 Å². The summed E-state index contributed by atoms with van der Waals surface area (Å²) in [7, 11) is 1.00. The van der Waals surface area contributed by atoms with E-state index in [0.717, 1.165) is 32.8 Å². The second-order valence-corrected chi connectivity index (χ2v) is 12.8. The van der Waals surface area contributed by atoms with Crippen LogP contribution in [-0.4, -0.2) is 73.0 Å². The van der Waals surface area contributed by atoms with Gasteiger partial charge in [0.15, 0.2) is 6.10 Å². The van der Waals surface area contributed by atoms with E-state index in [-0.39, 0.29) is 53.7 Å². The molecule has 39 heavy (non-hydrogen) atoms. The van der Waals surface area contributed by atoms with Crippen molar-refractivity contribution in [3.05, 3.63) is 36.0 Å². The zero-order valence-electron chi connectivity index (χ0n) is 23.9. The van der Waals surface area contributed by atoms with Crippen molar-refractivity contribution < 1.29 is 38.7 Å². The van der Waals surface area contributed by atoms with Gasteiger partial charge in [0.25, 0.3) is 0 Å². The third kappa shape index (κ3) is 4.16. The highest BCUT2D eigenvalue weighted by Gasteiger charge is 2.97. The molecule has 7 rings (SSSR count). The van der Waals surface area contributed by atoms with Crippen molar-refractivity contribution in [3.8, 4) is 0 Å². The smallest absolute Gasteiger partial charge is 0.335 e. The van der Waals surface area contributed by atoms with E-state index in [4.69, 9.17) is 24.1 Å². The highest BCUT2D eigenvalue weighted by atomic mass is 16.6. The van der Waals surface area contributed by atoms with Crippen LogP contribution >= 0.6 is 0 Å². The van der Waals surface area contributed by atoms with Crippen LogP contribution in [0.1, 0.15) is 66.2 Å². The summed E-state index contributed by atoms with van der Waals surface area (Å²) in [6.45, 7) is 8.69. The average Bonchev–Trinajstić information content (AvgIpc) is 3.78. The number of carbonyl (C=O) groups excluding carboxylic acids is 2. The number of hydrogen-bond acceptors (Lipinski definition) is 8. The molecule has 0 aromatic rings. The number of aliphatic hydroxyl groups excluding tert-OH is 2. The molecule has 3 heterocycles. The van der Waals surface area contributed by atoms with E-state index in [9.17, 15) is 14.7 Å². The fourth-order valence-electron chi connectivity index (χ4n) is 8.44. The quantitative estimate of drug-likeness (QED) is 0.351. The molecule has 4 bridgehead atoms. The second kappa shape index (κ2) is 10.1. The number of allylic oxidation sites excluding steroid dienone is 3. The molecule has 3 saturated carbocycles. The van der Waals surface area contributed by atoms with E-state index >= 15 is 0 Å². The lowest BCUT2D eigenvalue weighted by Gasteiger charge is -2.56. The summed E-state index contributed by atoms with van der Waals surface area (Å²) in [4.78, 5) is 26.2. The molecule has 216 valence electrons. The molecular formula is C31H44O8. The van der Waals surface area contributed by atoms with Gasteiger partial charge in [-0.2, -0.15) is 0 Å². The Morgan fingerprint density at radius 2 is 1.79 bits per heavy atom. The number of ether oxygens (including phenoxy) is 4. The van der Waals surface area contributed by atoms with E-state index in [1.807, 2.05) is 19.9 Å².